The van der Waals surface area contributed by atoms with Gasteiger partial charge in [-0.05, 0) is 0 Å². The topological polar surface area (TPSA) is 151 Å². The Morgan fingerprint density at radius 2 is 1.00 bits per heavy atom. The summed E-state index contributed by atoms with van der Waals surface area (Å²) in [7, 11) is 0. The second-order valence-electron chi connectivity index (χ2n) is 3.72. The summed E-state index contributed by atoms with van der Waals surface area (Å²) < 4.78 is 0. The third kappa shape index (κ3) is 36.0. The summed E-state index contributed by atoms with van der Waals surface area (Å²) in [6.45, 7) is 2.25. The van der Waals surface area contributed by atoms with Gasteiger partial charge in [0.25, 0.3) is 0 Å². The average Bonchev–Trinajstić information content (AvgIpc) is 2.16. The molecule has 5 nitrogen and oxygen atoms in total. The SMILES string of the molecule is CCCCCCCCCCC[C-]=O.[Cu].[NH2-].[NH2-].[NH2-].[NH2-]. The van der Waals surface area contributed by atoms with Crippen molar-refractivity contribution in [1.29, 1.82) is 0 Å². The minimum atomic E-state index is 0. The van der Waals surface area contributed by atoms with Crippen LogP contribution in [0.15, 0.2) is 0 Å². The van der Waals surface area contributed by atoms with Crippen molar-refractivity contribution in [2.75, 3.05) is 0 Å². The first-order valence-corrected chi connectivity index (χ1v) is 5.76. The molecule has 0 aromatic rings. The summed E-state index contributed by atoms with van der Waals surface area (Å²) in [6, 6.07) is 0. The van der Waals surface area contributed by atoms with Crippen LogP contribution in [0, 0.1) is 0 Å². The van der Waals surface area contributed by atoms with Crippen LogP contribution < -0.4 is 0 Å². The van der Waals surface area contributed by atoms with Gasteiger partial charge in [-0.15, -0.1) is 0 Å². The molecule has 18 heavy (non-hydrogen) atoms. The van der Waals surface area contributed by atoms with Gasteiger partial charge in [-0.1, -0.05) is 64.7 Å². The van der Waals surface area contributed by atoms with Gasteiger partial charge in [0.1, 0.15) is 0 Å². The second-order valence-corrected chi connectivity index (χ2v) is 3.72. The van der Waals surface area contributed by atoms with Gasteiger partial charge in [-0.25, -0.2) is 0 Å². The van der Waals surface area contributed by atoms with Crippen LogP contribution in [-0.2, 0) is 21.9 Å². The molecule has 121 valence electrons. The molecule has 0 spiro atoms. The summed E-state index contributed by atoms with van der Waals surface area (Å²) in [5.74, 6) is 0. The molecule has 0 fully saturated rings. The molecule has 0 saturated heterocycles. The normalized spacial score (nSPS) is 7.39. The minimum absolute atomic E-state index is 0. The Hall–Kier alpha value is 0.0295. The number of carbonyl (C=O) groups excluding carboxylic acids is 1. The molecule has 8 N–H and O–H groups in total. The van der Waals surface area contributed by atoms with E-state index in [1.807, 2.05) is 6.29 Å². The largest absolute Gasteiger partial charge is 0.693 e. The molecule has 1 radical (unpaired) electrons. The van der Waals surface area contributed by atoms with Crippen LogP contribution >= 0.6 is 0 Å². The fourth-order valence-electron chi connectivity index (χ4n) is 1.51. The smallest absolute Gasteiger partial charge is 0 e. The number of unbranched alkanes of at least 4 members (excludes halogenated alkanes) is 9. The zero-order valence-electron chi connectivity index (χ0n) is 11.6. The Balaban J connectivity index is -0.0000000720. The van der Waals surface area contributed by atoms with E-state index in [2.05, 4.69) is 6.92 Å². The van der Waals surface area contributed by atoms with E-state index in [0.29, 0.717) is 6.42 Å². The Morgan fingerprint density at radius 3 is 1.33 bits per heavy atom. The van der Waals surface area contributed by atoms with Crippen molar-refractivity contribution in [3.8, 4) is 0 Å². The van der Waals surface area contributed by atoms with E-state index in [0.717, 1.165) is 6.42 Å². The summed E-state index contributed by atoms with van der Waals surface area (Å²) >= 11 is 0. The first-order chi connectivity index (χ1) is 6.41. The number of hydrogen-bond acceptors (Lipinski definition) is 1. The fraction of sp³-hybridized carbons (Fsp3) is 0.917. The van der Waals surface area contributed by atoms with Gasteiger partial charge in [-0.2, -0.15) is 6.42 Å². The number of rotatable bonds is 10. The van der Waals surface area contributed by atoms with Crippen LogP contribution in [0.2, 0.25) is 0 Å². The van der Waals surface area contributed by atoms with E-state index in [1.54, 1.807) is 0 Å². The Morgan fingerprint density at radius 1 is 0.667 bits per heavy atom. The minimum Gasteiger partial charge on any atom is -0.693 e. The summed E-state index contributed by atoms with van der Waals surface area (Å²) in [5, 5.41) is 0. The van der Waals surface area contributed by atoms with E-state index in [9.17, 15) is 4.79 Å². The van der Waals surface area contributed by atoms with Crippen molar-refractivity contribution in [2.24, 2.45) is 0 Å². The molecular weight excluding hydrogens is 280 g/mol. The Bertz CT molecular complexity index is 118. The molecule has 0 amide bonds. The first-order valence-electron chi connectivity index (χ1n) is 5.76. The van der Waals surface area contributed by atoms with E-state index in [-0.39, 0.29) is 41.7 Å². The molecule has 0 rings (SSSR count). The molecule has 0 aromatic carbocycles. The molecule has 0 aromatic heterocycles. The van der Waals surface area contributed by atoms with E-state index in [4.69, 9.17) is 0 Å². The van der Waals surface area contributed by atoms with Crippen molar-refractivity contribution < 1.29 is 21.9 Å². The van der Waals surface area contributed by atoms with Gasteiger partial charge in [0.05, 0.1) is 0 Å². The fourth-order valence-corrected chi connectivity index (χ4v) is 1.51. The van der Waals surface area contributed by atoms with E-state index < -0.39 is 0 Å². The number of hydrogen-bond donors (Lipinski definition) is 0. The second kappa shape index (κ2) is 36.0. The van der Waals surface area contributed by atoms with Gasteiger partial charge in [0.15, 0.2) is 0 Å². The van der Waals surface area contributed by atoms with Crippen LogP contribution in [0.3, 0.4) is 0 Å². The third-order valence-electron chi connectivity index (χ3n) is 2.38. The molecule has 0 aliphatic rings. The van der Waals surface area contributed by atoms with Crippen molar-refractivity contribution in [3.05, 3.63) is 24.6 Å². The van der Waals surface area contributed by atoms with Crippen molar-refractivity contribution >= 4 is 6.29 Å². The van der Waals surface area contributed by atoms with Crippen LogP contribution in [0.5, 0.6) is 0 Å². The zero-order chi connectivity index (χ0) is 9.78. The standard InChI is InChI=1S/C12H23O.Cu.4H2N/c1-2-3-4-5-6-7-8-9-10-11-12-13;;;;;/h2-11H2,1H3;;4*1H2/q-1;;4*-1. The maximum Gasteiger partial charge on any atom is 0 e. The quantitative estimate of drug-likeness (QED) is 0.241. The Labute approximate surface area is 124 Å². The van der Waals surface area contributed by atoms with Crippen molar-refractivity contribution in [3.63, 3.8) is 0 Å². The average molecular weight is 311 g/mol. The summed E-state index contributed by atoms with van der Waals surface area (Å²) in [5.41, 5.74) is 0. The van der Waals surface area contributed by atoms with Crippen molar-refractivity contribution in [2.45, 2.75) is 71.1 Å². The molecule has 6 heteroatoms. The van der Waals surface area contributed by atoms with Gasteiger partial charge in [0, 0.05) is 17.1 Å². The van der Waals surface area contributed by atoms with Crippen LogP contribution in [0.1, 0.15) is 71.1 Å². The molecule has 0 bridgehead atoms. The van der Waals surface area contributed by atoms with Gasteiger partial charge < -0.3 is 29.4 Å². The van der Waals surface area contributed by atoms with Crippen LogP contribution in [0.4, 0.5) is 0 Å². The predicted octanol–water partition coefficient (Wildman–Crippen LogP) is 6.88. The molecule has 0 aliphatic heterocycles. The summed E-state index contributed by atoms with van der Waals surface area (Å²) in [4.78, 5) is 9.89. The molecule has 0 aliphatic carbocycles. The number of nitrogens with two attached hydrogens (primary N) is 4. The van der Waals surface area contributed by atoms with Crippen molar-refractivity contribution in [1.82, 2.24) is 0 Å². The third-order valence-corrected chi connectivity index (χ3v) is 2.38. The Kier molecular flexibility index (Phi) is 72.2. The molecule has 0 atom stereocenters. The molecule has 0 saturated carbocycles. The maximum atomic E-state index is 9.89. The molecular formula is C12H31CuN4O-5. The van der Waals surface area contributed by atoms with Crippen LogP contribution in [-0.4, -0.2) is 6.29 Å². The van der Waals surface area contributed by atoms with E-state index >= 15 is 0 Å². The maximum absolute atomic E-state index is 9.89. The van der Waals surface area contributed by atoms with Gasteiger partial charge in [-0.3, -0.25) is 6.29 Å². The first kappa shape index (κ1) is 36.1. The zero-order valence-corrected chi connectivity index (χ0v) is 12.5. The summed E-state index contributed by atoms with van der Waals surface area (Å²) in [6.07, 6.45) is 14.4. The van der Waals surface area contributed by atoms with Crippen LogP contribution in [0.25, 0.3) is 24.6 Å². The monoisotopic (exact) mass is 310 g/mol. The predicted molar refractivity (Wildman–Crippen MR) is 78.7 cm³/mol. The van der Waals surface area contributed by atoms with Gasteiger partial charge >= 0.3 is 0 Å². The molecule has 0 heterocycles. The van der Waals surface area contributed by atoms with E-state index in [1.165, 1.54) is 51.4 Å². The molecule has 0 unspecified atom stereocenters. The van der Waals surface area contributed by atoms with Gasteiger partial charge in [0.2, 0.25) is 0 Å².